The van der Waals surface area contributed by atoms with Crippen molar-refractivity contribution in [2.24, 2.45) is 0 Å². The van der Waals surface area contributed by atoms with Crippen molar-refractivity contribution in [3.05, 3.63) is 53.0 Å². The Morgan fingerprint density at radius 2 is 2.21 bits per heavy atom. The second-order valence-electron chi connectivity index (χ2n) is 6.68. The summed E-state index contributed by atoms with van der Waals surface area (Å²) in [6, 6.07) is 7.22. The topological polar surface area (TPSA) is 96.4 Å². The maximum Gasteiger partial charge on any atom is 0.256 e. The molecule has 0 aromatic carbocycles. The Hall–Kier alpha value is -3.00. The Bertz CT molecular complexity index is 856. The fourth-order valence-corrected chi connectivity index (χ4v) is 3.05. The molecular formula is C20H25N5O3. The summed E-state index contributed by atoms with van der Waals surface area (Å²) in [5.41, 5.74) is 2.88. The molecule has 28 heavy (non-hydrogen) atoms. The number of likely N-dealkylation sites (N-methyl/N-ethyl adjacent to an activating group) is 1. The summed E-state index contributed by atoms with van der Waals surface area (Å²) in [5.74, 6) is 0.237. The fraction of sp³-hybridized carbons (Fsp3) is 0.400. The van der Waals surface area contributed by atoms with Crippen LogP contribution < -0.4 is 15.4 Å². The van der Waals surface area contributed by atoms with Gasteiger partial charge >= 0.3 is 0 Å². The highest BCUT2D eigenvalue weighted by Crippen LogP contribution is 2.27. The molecule has 0 bridgehead atoms. The van der Waals surface area contributed by atoms with Crippen LogP contribution in [0.4, 0.5) is 0 Å². The molecule has 1 atom stereocenters. The highest BCUT2D eigenvalue weighted by molar-refractivity contribution is 5.98. The van der Waals surface area contributed by atoms with Crippen LogP contribution in [0.2, 0.25) is 0 Å². The van der Waals surface area contributed by atoms with E-state index >= 15 is 0 Å². The van der Waals surface area contributed by atoms with Crippen LogP contribution in [0.15, 0.2) is 30.5 Å². The molecule has 0 saturated heterocycles. The molecule has 0 unspecified atom stereocenters. The molecule has 0 fully saturated rings. The molecule has 3 rings (SSSR count). The average molecular weight is 383 g/mol. The largest absolute Gasteiger partial charge is 0.481 e. The van der Waals surface area contributed by atoms with Crippen LogP contribution in [0.5, 0.6) is 5.88 Å². The molecule has 0 saturated carbocycles. The van der Waals surface area contributed by atoms with Gasteiger partial charge in [-0.25, -0.2) is 4.98 Å². The minimum Gasteiger partial charge on any atom is -0.481 e. The van der Waals surface area contributed by atoms with E-state index in [0.717, 1.165) is 5.69 Å². The monoisotopic (exact) mass is 383 g/mol. The number of nitrogens with zero attached hydrogens (tertiary/aromatic N) is 3. The first-order valence-corrected chi connectivity index (χ1v) is 9.24. The number of fused-ring (bicyclic) bond motifs is 1. The molecule has 3 heterocycles. The second-order valence-corrected chi connectivity index (χ2v) is 6.68. The SMILES string of the molecule is CN[C@@H](C)C(=O)NCc1cc2c(nc1OC)CN(CCc1ccccn1)C2=O. The number of hydrogen-bond donors (Lipinski definition) is 2. The van der Waals surface area contributed by atoms with Gasteiger partial charge in [-0.2, -0.15) is 0 Å². The van der Waals surface area contributed by atoms with Crippen molar-refractivity contribution in [1.29, 1.82) is 0 Å². The van der Waals surface area contributed by atoms with Gasteiger partial charge in [0.15, 0.2) is 0 Å². The van der Waals surface area contributed by atoms with Crippen molar-refractivity contribution >= 4 is 11.8 Å². The summed E-state index contributed by atoms with van der Waals surface area (Å²) in [4.78, 5) is 35.4. The Morgan fingerprint density at radius 1 is 1.39 bits per heavy atom. The number of ether oxygens (including phenoxy) is 1. The van der Waals surface area contributed by atoms with Crippen molar-refractivity contribution in [3.63, 3.8) is 0 Å². The van der Waals surface area contributed by atoms with Gasteiger partial charge in [0, 0.05) is 37.0 Å². The Labute approximate surface area is 164 Å². The number of nitrogens with one attached hydrogen (secondary N) is 2. The Morgan fingerprint density at radius 3 is 2.89 bits per heavy atom. The van der Waals surface area contributed by atoms with E-state index in [1.54, 1.807) is 31.1 Å². The number of hydrogen-bond acceptors (Lipinski definition) is 6. The van der Waals surface area contributed by atoms with Gasteiger partial charge in [0.05, 0.1) is 31.0 Å². The number of rotatable bonds is 8. The van der Waals surface area contributed by atoms with Crippen LogP contribution in [-0.4, -0.2) is 53.4 Å². The standard InChI is InChI=1S/C20H25N5O3/c1-13(21-2)18(26)23-11-14-10-16-17(24-19(14)28-3)12-25(20(16)27)9-7-15-6-4-5-8-22-15/h4-6,8,10,13,21H,7,9,11-12H2,1-3H3,(H,23,26)/t13-/m0/s1. The third-order valence-corrected chi connectivity index (χ3v) is 4.84. The number of methoxy groups -OCH3 is 1. The van der Waals surface area contributed by atoms with E-state index in [9.17, 15) is 9.59 Å². The maximum atomic E-state index is 12.8. The van der Waals surface area contributed by atoms with Crippen LogP contribution >= 0.6 is 0 Å². The van der Waals surface area contributed by atoms with Crippen molar-refractivity contribution in [3.8, 4) is 5.88 Å². The molecular weight excluding hydrogens is 358 g/mol. The molecule has 0 aliphatic carbocycles. The lowest BCUT2D eigenvalue weighted by molar-refractivity contribution is -0.122. The first-order valence-electron chi connectivity index (χ1n) is 9.24. The van der Waals surface area contributed by atoms with E-state index in [0.29, 0.717) is 42.2 Å². The van der Waals surface area contributed by atoms with E-state index in [1.165, 1.54) is 7.11 Å². The summed E-state index contributed by atoms with van der Waals surface area (Å²) in [7, 11) is 3.26. The zero-order chi connectivity index (χ0) is 20.1. The summed E-state index contributed by atoms with van der Waals surface area (Å²) in [6.45, 7) is 3.03. The molecule has 0 radical (unpaired) electrons. The van der Waals surface area contributed by atoms with Gasteiger partial charge in [-0.1, -0.05) is 6.07 Å². The van der Waals surface area contributed by atoms with E-state index in [1.807, 2.05) is 18.2 Å². The third kappa shape index (κ3) is 4.28. The summed E-state index contributed by atoms with van der Waals surface area (Å²) >= 11 is 0. The zero-order valence-corrected chi connectivity index (χ0v) is 16.4. The summed E-state index contributed by atoms with van der Waals surface area (Å²) < 4.78 is 5.37. The van der Waals surface area contributed by atoms with Gasteiger partial charge in [-0.3, -0.25) is 14.6 Å². The number of carbonyl (C=O) groups is 2. The number of pyridine rings is 2. The van der Waals surface area contributed by atoms with Crippen LogP contribution in [0.25, 0.3) is 0 Å². The summed E-state index contributed by atoms with van der Waals surface area (Å²) in [6.07, 6.45) is 2.43. The Balaban J connectivity index is 1.71. The molecule has 1 aliphatic rings. The predicted octanol–water partition coefficient (Wildman–Crippen LogP) is 0.908. The van der Waals surface area contributed by atoms with Crippen molar-refractivity contribution in [1.82, 2.24) is 25.5 Å². The molecule has 1 aliphatic heterocycles. The van der Waals surface area contributed by atoms with Gasteiger partial charge in [-0.05, 0) is 32.2 Å². The van der Waals surface area contributed by atoms with Gasteiger partial charge < -0.3 is 20.3 Å². The van der Waals surface area contributed by atoms with Crippen molar-refractivity contribution in [2.75, 3.05) is 20.7 Å². The molecule has 148 valence electrons. The lowest BCUT2D eigenvalue weighted by Gasteiger charge is -2.14. The van der Waals surface area contributed by atoms with Gasteiger partial charge in [0.25, 0.3) is 5.91 Å². The second kappa shape index (κ2) is 8.79. The first kappa shape index (κ1) is 19.8. The quantitative estimate of drug-likeness (QED) is 0.703. The number of aromatic nitrogens is 2. The van der Waals surface area contributed by atoms with Crippen LogP contribution in [0, 0.1) is 0 Å². The number of amides is 2. The van der Waals surface area contributed by atoms with Gasteiger partial charge in [0.1, 0.15) is 0 Å². The molecule has 0 spiro atoms. The smallest absolute Gasteiger partial charge is 0.256 e. The molecule has 8 nitrogen and oxygen atoms in total. The van der Waals surface area contributed by atoms with Gasteiger partial charge in [-0.15, -0.1) is 0 Å². The molecule has 2 aromatic heterocycles. The lowest BCUT2D eigenvalue weighted by Crippen LogP contribution is -2.40. The van der Waals surface area contributed by atoms with Crippen LogP contribution in [-0.2, 0) is 24.3 Å². The first-order chi connectivity index (χ1) is 13.5. The third-order valence-electron chi connectivity index (χ3n) is 4.84. The Kier molecular flexibility index (Phi) is 6.20. The van der Waals surface area contributed by atoms with Crippen molar-refractivity contribution < 1.29 is 14.3 Å². The predicted molar refractivity (Wildman–Crippen MR) is 104 cm³/mol. The molecule has 8 heteroatoms. The molecule has 2 amide bonds. The maximum absolute atomic E-state index is 12.8. The van der Waals surface area contributed by atoms with Crippen LogP contribution in [0.1, 0.15) is 34.2 Å². The van der Waals surface area contributed by atoms with E-state index in [2.05, 4.69) is 20.6 Å². The van der Waals surface area contributed by atoms with E-state index < -0.39 is 0 Å². The minimum atomic E-state index is -0.308. The van der Waals surface area contributed by atoms with E-state index in [-0.39, 0.29) is 24.4 Å². The summed E-state index contributed by atoms with van der Waals surface area (Å²) in [5, 5.41) is 5.72. The highest BCUT2D eigenvalue weighted by atomic mass is 16.5. The zero-order valence-electron chi connectivity index (χ0n) is 16.4. The fourth-order valence-electron chi connectivity index (χ4n) is 3.05. The van der Waals surface area contributed by atoms with Crippen molar-refractivity contribution in [2.45, 2.75) is 32.5 Å². The average Bonchev–Trinajstić information content (AvgIpc) is 3.04. The van der Waals surface area contributed by atoms with E-state index in [4.69, 9.17) is 4.74 Å². The lowest BCUT2D eigenvalue weighted by atomic mass is 10.1. The molecule has 2 N–H and O–H groups in total. The van der Waals surface area contributed by atoms with Gasteiger partial charge in [0.2, 0.25) is 11.8 Å². The normalized spacial score (nSPS) is 14.0. The highest BCUT2D eigenvalue weighted by Gasteiger charge is 2.30. The van der Waals surface area contributed by atoms with Crippen LogP contribution in [0.3, 0.4) is 0 Å². The molecule has 2 aromatic rings. The minimum absolute atomic E-state index is 0.0581. The number of carbonyl (C=O) groups excluding carboxylic acids is 2.